The highest BCUT2D eigenvalue weighted by Gasteiger charge is 2.36. The maximum atomic E-state index is 13.2. The normalized spacial score (nSPS) is 16.5. The molecule has 0 aliphatic carbocycles. The zero-order valence-corrected chi connectivity index (χ0v) is 18.2. The fraction of sp³-hybridized carbons (Fsp3) is 0.182. The molecular weight excluding hydrogens is 416 g/mol. The van der Waals surface area contributed by atoms with E-state index in [1.807, 2.05) is 50.2 Å². The van der Waals surface area contributed by atoms with E-state index in [4.69, 9.17) is 12.2 Å². The van der Waals surface area contributed by atoms with Crippen molar-refractivity contribution in [2.24, 2.45) is 0 Å². The van der Waals surface area contributed by atoms with Gasteiger partial charge in [0.25, 0.3) is 11.5 Å². The van der Waals surface area contributed by atoms with Crippen molar-refractivity contribution in [3.05, 3.63) is 81.1 Å². The lowest BCUT2D eigenvalue weighted by molar-refractivity contribution is -0.123. The number of benzene rings is 1. The highest BCUT2D eigenvalue weighted by molar-refractivity contribution is 8.26. The van der Waals surface area contributed by atoms with Crippen molar-refractivity contribution >= 4 is 51.7 Å². The van der Waals surface area contributed by atoms with Gasteiger partial charge in [0, 0.05) is 12.7 Å². The van der Waals surface area contributed by atoms with Gasteiger partial charge in [0.05, 0.1) is 16.5 Å². The first-order chi connectivity index (χ1) is 14.5. The molecule has 6 nitrogen and oxygen atoms in total. The third-order valence-corrected chi connectivity index (χ3v) is 6.21. The average molecular weight is 437 g/mol. The van der Waals surface area contributed by atoms with E-state index < -0.39 is 0 Å². The van der Waals surface area contributed by atoms with Crippen molar-refractivity contribution in [2.75, 3.05) is 11.9 Å². The van der Waals surface area contributed by atoms with Crippen LogP contribution in [-0.2, 0) is 4.79 Å². The molecule has 1 N–H and O–H groups in total. The minimum absolute atomic E-state index is 0.200. The molecule has 1 aromatic carbocycles. The van der Waals surface area contributed by atoms with E-state index in [9.17, 15) is 9.59 Å². The first kappa shape index (κ1) is 20.3. The molecular formula is C22H20N4O2S2. The molecule has 1 aliphatic heterocycles. The van der Waals surface area contributed by atoms with Crippen LogP contribution in [0.25, 0.3) is 11.7 Å². The summed E-state index contributed by atoms with van der Waals surface area (Å²) in [6, 6.07) is 14.9. The summed E-state index contributed by atoms with van der Waals surface area (Å²) in [5.74, 6) is 0.247. The summed E-state index contributed by atoms with van der Waals surface area (Å²) in [7, 11) is 0. The Labute approximate surface area is 183 Å². The molecule has 0 spiro atoms. The fourth-order valence-electron chi connectivity index (χ4n) is 3.36. The van der Waals surface area contributed by atoms with Crippen LogP contribution in [0.3, 0.4) is 0 Å². The van der Waals surface area contributed by atoms with Crippen molar-refractivity contribution in [3.63, 3.8) is 0 Å². The third-order valence-electron chi connectivity index (χ3n) is 4.88. The number of hydrogen-bond donors (Lipinski definition) is 1. The van der Waals surface area contributed by atoms with Crippen molar-refractivity contribution in [1.82, 2.24) is 14.3 Å². The Balaban J connectivity index is 1.77. The van der Waals surface area contributed by atoms with Crippen molar-refractivity contribution in [2.45, 2.75) is 19.9 Å². The van der Waals surface area contributed by atoms with Crippen LogP contribution in [0.5, 0.6) is 0 Å². The predicted molar refractivity (Wildman–Crippen MR) is 125 cm³/mol. The van der Waals surface area contributed by atoms with E-state index in [-0.39, 0.29) is 17.5 Å². The third kappa shape index (κ3) is 3.64. The van der Waals surface area contributed by atoms with E-state index in [0.717, 1.165) is 5.56 Å². The molecule has 3 heterocycles. The van der Waals surface area contributed by atoms with Crippen LogP contribution in [0.2, 0.25) is 0 Å². The smallest absolute Gasteiger partial charge is 0.267 e. The molecule has 1 amide bonds. The minimum atomic E-state index is -0.238. The fourth-order valence-corrected chi connectivity index (χ4v) is 4.76. The van der Waals surface area contributed by atoms with Crippen LogP contribution in [0.15, 0.2) is 64.4 Å². The van der Waals surface area contributed by atoms with E-state index >= 15 is 0 Å². The number of fused-ring (bicyclic) bond motifs is 1. The second-order valence-electron chi connectivity index (χ2n) is 6.78. The first-order valence-electron chi connectivity index (χ1n) is 9.58. The Morgan fingerprint density at radius 2 is 1.90 bits per heavy atom. The zero-order valence-electron chi connectivity index (χ0n) is 16.5. The second-order valence-corrected chi connectivity index (χ2v) is 8.45. The topological polar surface area (TPSA) is 66.7 Å². The number of nitrogens with zero attached hydrogens (tertiary/aromatic N) is 3. The standard InChI is InChI=1S/C22H20N4O2S2/c1-3-23-19-16(20(27)25-12-8-7-11-18(25)24-19)13-17-21(28)26(22(29)30-17)14(2)15-9-5-4-6-10-15/h4-14,23H,3H2,1-2H3/b17-13+. The molecule has 1 atom stereocenters. The molecule has 1 fully saturated rings. The largest absolute Gasteiger partial charge is 0.370 e. The first-order valence-corrected chi connectivity index (χ1v) is 10.8. The molecule has 1 aliphatic rings. The Hall–Kier alpha value is -2.97. The van der Waals surface area contributed by atoms with Crippen molar-refractivity contribution in [3.8, 4) is 0 Å². The van der Waals surface area contributed by atoms with E-state index in [2.05, 4.69) is 10.3 Å². The molecule has 152 valence electrons. The quantitative estimate of drug-likeness (QED) is 0.480. The average Bonchev–Trinajstić information content (AvgIpc) is 3.04. The second kappa shape index (κ2) is 8.41. The maximum absolute atomic E-state index is 13.2. The SMILES string of the molecule is CCNc1nc2ccccn2c(=O)c1/C=C1/SC(=S)N(C(C)c2ccccc2)C1=O. The minimum Gasteiger partial charge on any atom is -0.370 e. The maximum Gasteiger partial charge on any atom is 0.267 e. The van der Waals surface area contributed by atoms with Gasteiger partial charge in [0.1, 0.15) is 15.8 Å². The summed E-state index contributed by atoms with van der Waals surface area (Å²) < 4.78 is 1.95. The monoisotopic (exact) mass is 436 g/mol. The number of carbonyl (C=O) groups is 1. The van der Waals surface area contributed by atoms with Gasteiger partial charge in [-0.25, -0.2) is 4.98 Å². The molecule has 1 unspecified atom stereocenters. The zero-order chi connectivity index (χ0) is 21.3. The number of pyridine rings is 1. The molecule has 0 saturated carbocycles. The molecule has 30 heavy (non-hydrogen) atoms. The van der Waals surface area contributed by atoms with Gasteiger partial charge in [-0.3, -0.25) is 18.9 Å². The van der Waals surface area contributed by atoms with E-state index in [0.29, 0.717) is 32.8 Å². The number of hydrogen-bond acceptors (Lipinski definition) is 6. The summed E-state index contributed by atoms with van der Waals surface area (Å²) in [6.07, 6.45) is 3.27. The Kier molecular flexibility index (Phi) is 5.69. The highest BCUT2D eigenvalue weighted by Crippen LogP contribution is 2.38. The van der Waals surface area contributed by atoms with Crippen LogP contribution in [-0.4, -0.2) is 31.1 Å². The molecule has 0 bridgehead atoms. The van der Waals surface area contributed by atoms with Crippen LogP contribution in [0.1, 0.15) is 31.0 Å². The lowest BCUT2D eigenvalue weighted by Crippen LogP contribution is -2.31. The lowest BCUT2D eigenvalue weighted by atomic mass is 10.1. The lowest BCUT2D eigenvalue weighted by Gasteiger charge is -2.23. The van der Waals surface area contributed by atoms with Gasteiger partial charge in [-0.15, -0.1) is 0 Å². The van der Waals surface area contributed by atoms with Gasteiger partial charge in [-0.05, 0) is 37.6 Å². The number of anilines is 1. The molecule has 4 rings (SSSR count). The Bertz CT molecular complexity index is 1220. The number of thiocarbonyl (C=S) groups is 1. The molecule has 3 aromatic rings. The van der Waals surface area contributed by atoms with Gasteiger partial charge < -0.3 is 5.32 Å². The summed E-state index contributed by atoms with van der Waals surface area (Å²) in [5.41, 5.74) is 1.64. The van der Waals surface area contributed by atoms with Crippen LogP contribution < -0.4 is 10.9 Å². The highest BCUT2D eigenvalue weighted by atomic mass is 32.2. The Morgan fingerprint density at radius 3 is 2.63 bits per heavy atom. The Morgan fingerprint density at radius 1 is 1.17 bits per heavy atom. The van der Waals surface area contributed by atoms with Gasteiger partial charge in [-0.1, -0.05) is 60.4 Å². The number of rotatable bonds is 5. The number of thioether (sulfide) groups is 1. The van der Waals surface area contributed by atoms with E-state index in [1.165, 1.54) is 16.2 Å². The van der Waals surface area contributed by atoms with E-state index in [1.54, 1.807) is 29.3 Å². The number of carbonyl (C=O) groups excluding carboxylic acids is 1. The number of amides is 1. The molecule has 1 saturated heterocycles. The predicted octanol–water partition coefficient (Wildman–Crippen LogP) is 4.09. The van der Waals surface area contributed by atoms with Crippen molar-refractivity contribution in [1.29, 1.82) is 0 Å². The van der Waals surface area contributed by atoms with Crippen LogP contribution in [0, 0.1) is 0 Å². The number of nitrogens with one attached hydrogen (secondary N) is 1. The molecule has 2 aromatic heterocycles. The van der Waals surface area contributed by atoms with Crippen molar-refractivity contribution < 1.29 is 4.79 Å². The van der Waals surface area contributed by atoms with Gasteiger partial charge in [-0.2, -0.15) is 0 Å². The molecule has 0 radical (unpaired) electrons. The van der Waals surface area contributed by atoms with Gasteiger partial charge >= 0.3 is 0 Å². The number of aromatic nitrogens is 2. The van der Waals surface area contributed by atoms with Gasteiger partial charge in [0.2, 0.25) is 0 Å². The summed E-state index contributed by atoms with van der Waals surface area (Å²) in [4.78, 5) is 32.9. The van der Waals surface area contributed by atoms with Crippen LogP contribution in [0.4, 0.5) is 5.82 Å². The van der Waals surface area contributed by atoms with Crippen LogP contribution >= 0.6 is 24.0 Å². The molecule has 8 heteroatoms. The van der Waals surface area contributed by atoms with Gasteiger partial charge in [0.15, 0.2) is 0 Å². The summed E-state index contributed by atoms with van der Waals surface area (Å²) in [5, 5.41) is 3.13. The summed E-state index contributed by atoms with van der Waals surface area (Å²) >= 11 is 6.70. The summed E-state index contributed by atoms with van der Waals surface area (Å²) in [6.45, 7) is 4.47.